The van der Waals surface area contributed by atoms with E-state index >= 15 is 0 Å². The predicted molar refractivity (Wildman–Crippen MR) is 108 cm³/mol. The van der Waals surface area contributed by atoms with Gasteiger partial charge in [-0.05, 0) is 44.0 Å². The van der Waals surface area contributed by atoms with Crippen molar-refractivity contribution in [3.05, 3.63) is 65.3 Å². The Morgan fingerprint density at radius 1 is 0.939 bits per heavy atom. The molecule has 0 amide bonds. The Bertz CT molecular complexity index is 1230. The third-order valence-electron chi connectivity index (χ3n) is 4.27. The number of pyridine rings is 2. The van der Waals surface area contributed by atoms with E-state index in [0.717, 1.165) is 24.5 Å². The van der Waals surface area contributed by atoms with Crippen LogP contribution in [0.1, 0.15) is 23.0 Å². The molecule has 2 heterocycles. The molecule has 33 heavy (non-hydrogen) atoms. The second-order valence-corrected chi connectivity index (χ2v) is 8.58. The van der Waals surface area contributed by atoms with E-state index in [1.165, 1.54) is 6.07 Å². The fourth-order valence-corrected chi connectivity index (χ4v) is 4.07. The number of aliphatic carboxylic acids is 1. The summed E-state index contributed by atoms with van der Waals surface area (Å²) in [5, 5.41) is 19.3. The van der Waals surface area contributed by atoms with E-state index in [1.54, 1.807) is 0 Å². The molecule has 0 bridgehead atoms. The van der Waals surface area contributed by atoms with E-state index in [9.17, 15) is 51.1 Å². The monoisotopic (exact) mass is 605 g/mol. The summed E-state index contributed by atoms with van der Waals surface area (Å²) in [6.07, 6.45) is -8.13. The Morgan fingerprint density at radius 2 is 1.33 bits per heavy atom. The molecular weight excluding hydrogens is 596 g/mol. The second-order valence-electron chi connectivity index (χ2n) is 6.75. The van der Waals surface area contributed by atoms with Gasteiger partial charge in [0, 0.05) is 32.5 Å². The van der Waals surface area contributed by atoms with Gasteiger partial charge in [0.25, 0.3) is 11.1 Å². The van der Waals surface area contributed by atoms with Crippen LogP contribution in [0.15, 0.2) is 43.1 Å². The average molecular weight is 607 g/mol. The van der Waals surface area contributed by atoms with Crippen molar-refractivity contribution in [1.29, 1.82) is 5.26 Å². The SMILES string of the molecule is N#CC(c1cc(Br)cn(CC(F)(F)F)c1=O)C(C(=O)O)c1cc(Br)cn(CC(F)(F)F)c1=O. The summed E-state index contributed by atoms with van der Waals surface area (Å²) in [4.78, 5) is 37.3. The molecule has 2 aromatic rings. The van der Waals surface area contributed by atoms with Crippen LogP contribution in [0, 0.1) is 11.3 Å². The van der Waals surface area contributed by atoms with Crippen LogP contribution >= 0.6 is 31.9 Å². The van der Waals surface area contributed by atoms with Gasteiger partial charge in [0.15, 0.2) is 0 Å². The van der Waals surface area contributed by atoms with E-state index in [1.807, 2.05) is 0 Å². The number of halogens is 8. The second kappa shape index (κ2) is 9.72. The quantitative estimate of drug-likeness (QED) is 0.498. The van der Waals surface area contributed by atoms with Gasteiger partial charge in [-0.2, -0.15) is 31.6 Å². The predicted octanol–water partition coefficient (Wildman–Crippen LogP) is 4.14. The van der Waals surface area contributed by atoms with Crippen molar-refractivity contribution in [2.24, 2.45) is 0 Å². The van der Waals surface area contributed by atoms with E-state index in [0.29, 0.717) is 0 Å². The van der Waals surface area contributed by atoms with E-state index in [-0.39, 0.29) is 18.1 Å². The molecule has 0 fully saturated rings. The Hall–Kier alpha value is -2.60. The number of rotatable bonds is 6. The third-order valence-corrected chi connectivity index (χ3v) is 5.14. The number of nitrogens with zero attached hydrogens (tertiary/aromatic N) is 3. The molecule has 2 unspecified atom stereocenters. The molecular formula is C18H11Br2F6N3O4. The lowest BCUT2D eigenvalue weighted by atomic mass is 9.83. The van der Waals surface area contributed by atoms with Crippen LogP contribution in [-0.2, 0) is 17.9 Å². The lowest BCUT2D eigenvalue weighted by molar-refractivity contribution is -0.142. The molecule has 0 aliphatic carbocycles. The molecule has 0 aliphatic heterocycles. The van der Waals surface area contributed by atoms with E-state index in [2.05, 4.69) is 31.9 Å². The standard InChI is InChI=1S/C18H11Br2F6N3O4/c19-8-1-10(14(30)28(4-8)6-17(21,22)23)12(3-27)13(16(32)33)11-2-9(20)5-29(15(11)31)7-18(24,25)26/h1-2,4-5,12-13H,6-7H2,(H,32,33). The summed E-state index contributed by atoms with van der Waals surface area (Å²) in [5.74, 6) is -6.02. The van der Waals surface area contributed by atoms with Crippen molar-refractivity contribution < 1.29 is 36.2 Å². The van der Waals surface area contributed by atoms with Gasteiger partial charge in [-0.1, -0.05) is 0 Å². The minimum Gasteiger partial charge on any atom is -0.481 e. The zero-order chi connectivity index (χ0) is 25.3. The number of aromatic nitrogens is 2. The lowest BCUT2D eigenvalue weighted by Crippen LogP contribution is -2.36. The molecule has 1 N–H and O–H groups in total. The van der Waals surface area contributed by atoms with E-state index in [4.69, 9.17) is 0 Å². The highest BCUT2D eigenvalue weighted by molar-refractivity contribution is 9.10. The highest BCUT2D eigenvalue weighted by Gasteiger charge is 2.38. The third kappa shape index (κ3) is 6.70. The number of alkyl halides is 6. The fourth-order valence-electron chi connectivity index (χ4n) is 3.09. The minimum absolute atomic E-state index is 0.102. The van der Waals surface area contributed by atoms with Gasteiger partial charge < -0.3 is 14.2 Å². The number of hydrogen-bond donors (Lipinski definition) is 1. The zero-order valence-electron chi connectivity index (χ0n) is 15.9. The smallest absolute Gasteiger partial charge is 0.406 e. The van der Waals surface area contributed by atoms with Gasteiger partial charge in [-0.25, -0.2) is 0 Å². The van der Waals surface area contributed by atoms with Crippen molar-refractivity contribution >= 4 is 37.8 Å². The molecule has 0 saturated carbocycles. The molecule has 0 radical (unpaired) electrons. The summed E-state index contributed by atoms with van der Waals surface area (Å²) >= 11 is 5.75. The molecule has 178 valence electrons. The summed E-state index contributed by atoms with van der Waals surface area (Å²) in [7, 11) is 0. The van der Waals surface area contributed by atoms with Gasteiger partial charge >= 0.3 is 18.3 Å². The Labute approximate surface area is 197 Å². The van der Waals surface area contributed by atoms with Crippen molar-refractivity contribution in [3.8, 4) is 6.07 Å². The largest absolute Gasteiger partial charge is 0.481 e. The first kappa shape index (κ1) is 26.7. The molecule has 2 rings (SSSR count). The maximum atomic E-state index is 12.8. The number of carboxylic acids is 1. The van der Waals surface area contributed by atoms with Crippen LogP contribution in [0.3, 0.4) is 0 Å². The summed E-state index contributed by atoms with van der Waals surface area (Å²) in [5.41, 5.74) is -4.20. The van der Waals surface area contributed by atoms with Gasteiger partial charge in [0.05, 0.1) is 12.0 Å². The summed E-state index contributed by atoms with van der Waals surface area (Å²) in [6.45, 7) is -3.51. The van der Waals surface area contributed by atoms with Gasteiger partial charge in [0.2, 0.25) is 0 Å². The number of nitriles is 1. The molecule has 15 heteroatoms. The Kier molecular flexibility index (Phi) is 7.85. The fraction of sp³-hybridized carbons (Fsp3) is 0.333. The topological polar surface area (TPSA) is 105 Å². The highest BCUT2D eigenvalue weighted by Crippen LogP contribution is 2.33. The van der Waals surface area contributed by atoms with Crippen molar-refractivity contribution in [2.75, 3.05) is 0 Å². The number of carbonyl (C=O) groups is 1. The van der Waals surface area contributed by atoms with Crippen molar-refractivity contribution in [1.82, 2.24) is 9.13 Å². The van der Waals surface area contributed by atoms with Crippen molar-refractivity contribution in [3.63, 3.8) is 0 Å². The van der Waals surface area contributed by atoms with Gasteiger partial charge in [-0.3, -0.25) is 14.4 Å². The van der Waals surface area contributed by atoms with Crippen LogP contribution in [-0.4, -0.2) is 32.6 Å². The van der Waals surface area contributed by atoms with Crippen LogP contribution in [0.25, 0.3) is 0 Å². The van der Waals surface area contributed by atoms with Crippen LogP contribution in [0.2, 0.25) is 0 Å². The normalized spacial score (nSPS) is 13.9. The molecule has 0 aromatic carbocycles. The maximum Gasteiger partial charge on any atom is 0.406 e. The molecule has 7 nitrogen and oxygen atoms in total. The molecule has 0 spiro atoms. The zero-order valence-corrected chi connectivity index (χ0v) is 19.1. The number of carboxylic acid groups (broad SMARTS) is 1. The van der Waals surface area contributed by atoms with E-state index < -0.39 is 65.5 Å². The Morgan fingerprint density at radius 3 is 1.70 bits per heavy atom. The van der Waals surface area contributed by atoms with Crippen LogP contribution in [0.4, 0.5) is 26.3 Å². The van der Waals surface area contributed by atoms with Crippen molar-refractivity contribution in [2.45, 2.75) is 37.3 Å². The molecule has 2 aromatic heterocycles. The van der Waals surface area contributed by atoms with Crippen LogP contribution in [0.5, 0.6) is 0 Å². The van der Waals surface area contributed by atoms with Gasteiger partial charge in [0.1, 0.15) is 19.0 Å². The average Bonchev–Trinajstić information content (AvgIpc) is 2.63. The number of hydrogen-bond acceptors (Lipinski definition) is 4. The van der Waals surface area contributed by atoms with Gasteiger partial charge in [-0.15, -0.1) is 0 Å². The first-order valence-corrected chi connectivity index (χ1v) is 10.2. The molecule has 0 saturated heterocycles. The summed E-state index contributed by atoms with van der Waals surface area (Å²) < 4.78 is 77.1. The molecule has 2 atom stereocenters. The first-order chi connectivity index (χ1) is 15.0. The first-order valence-electron chi connectivity index (χ1n) is 8.59. The summed E-state index contributed by atoms with van der Waals surface area (Å²) in [6, 6.07) is 3.29. The Balaban J connectivity index is 2.75. The molecule has 0 aliphatic rings. The highest BCUT2D eigenvalue weighted by atomic mass is 79.9. The minimum atomic E-state index is -4.84. The maximum absolute atomic E-state index is 12.8. The lowest BCUT2D eigenvalue weighted by Gasteiger charge is -2.21. The van der Waals surface area contributed by atoms with Crippen LogP contribution < -0.4 is 11.1 Å².